The third kappa shape index (κ3) is 3.67. The van der Waals surface area contributed by atoms with E-state index in [4.69, 9.17) is 11.6 Å². The number of hydrogen-bond acceptors (Lipinski definition) is 2. The molecule has 112 valence electrons. The van der Waals surface area contributed by atoms with E-state index in [-0.39, 0.29) is 0 Å². The van der Waals surface area contributed by atoms with Crippen molar-refractivity contribution in [2.24, 2.45) is 5.92 Å². The van der Waals surface area contributed by atoms with Gasteiger partial charge in [0.1, 0.15) is 0 Å². The average molecular weight is 295 g/mol. The maximum absolute atomic E-state index is 6.45. The molecule has 1 atom stereocenters. The highest BCUT2D eigenvalue weighted by molar-refractivity contribution is 6.31. The van der Waals surface area contributed by atoms with E-state index in [0.717, 1.165) is 31.1 Å². The molecule has 1 heterocycles. The minimum Gasteiger partial charge on any atom is -0.368 e. The highest BCUT2D eigenvalue weighted by Crippen LogP contribution is 2.32. The van der Waals surface area contributed by atoms with E-state index in [1.165, 1.54) is 24.1 Å². The Morgan fingerprint density at radius 3 is 2.85 bits per heavy atom. The second-order valence-electron chi connectivity index (χ2n) is 6.10. The van der Waals surface area contributed by atoms with Crippen LogP contribution in [0.2, 0.25) is 5.02 Å². The molecule has 0 amide bonds. The van der Waals surface area contributed by atoms with Crippen LogP contribution in [0.3, 0.4) is 0 Å². The van der Waals surface area contributed by atoms with Gasteiger partial charge in [-0.1, -0.05) is 38.4 Å². The summed E-state index contributed by atoms with van der Waals surface area (Å²) in [5, 5.41) is 4.30. The fourth-order valence-electron chi connectivity index (χ4n) is 3.06. The maximum Gasteiger partial charge on any atom is 0.0471 e. The molecule has 0 saturated carbocycles. The fourth-order valence-corrected chi connectivity index (χ4v) is 3.31. The smallest absolute Gasteiger partial charge is 0.0471 e. The Balaban J connectivity index is 2.08. The molecule has 2 nitrogen and oxygen atoms in total. The normalized spacial score (nSPS) is 19.1. The minimum atomic E-state index is 0.662. The van der Waals surface area contributed by atoms with Crippen LogP contribution in [0, 0.1) is 5.92 Å². The van der Waals surface area contributed by atoms with Gasteiger partial charge < -0.3 is 10.2 Å². The van der Waals surface area contributed by atoms with Crippen molar-refractivity contribution in [3.05, 3.63) is 28.8 Å². The summed E-state index contributed by atoms with van der Waals surface area (Å²) in [6, 6.07) is 7.21. The summed E-state index contributed by atoms with van der Waals surface area (Å²) < 4.78 is 0. The number of benzene rings is 1. The molecule has 1 aromatic rings. The van der Waals surface area contributed by atoms with Crippen LogP contribution in [0.25, 0.3) is 0 Å². The first-order valence-electron chi connectivity index (χ1n) is 7.89. The zero-order chi connectivity index (χ0) is 14.5. The van der Waals surface area contributed by atoms with Crippen molar-refractivity contribution in [2.75, 3.05) is 18.0 Å². The Morgan fingerprint density at radius 2 is 2.20 bits per heavy atom. The van der Waals surface area contributed by atoms with Gasteiger partial charge in [-0.2, -0.15) is 0 Å². The molecule has 1 aromatic carbocycles. The van der Waals surface area contributed by atoms with Gasteiger partial charge >= 0.3 is 0 Å². The monoisotopic (exact) mass is 294 g/mol. The molecule has 1 aliphatic heterocycles. The molecule has 0 aliphatic carbocycles. The van der Waals surface area contributed by atoms with E-state index < -0.39 is 0 Å². The zero-order valence-corrected chi connectivity index (χ0v) is 13.7. The van der Waals surface area contributed by atoms with E-state index in [2.05, 4.69) is 49.2 Å². The van der Waals surface area contributed by atoms with Crippen LogP contribution in [0.1, 0.15) is 45.6 Å². The lowest BCUT2D eigenvalue weighted by atomic mass is 10.0. The Kier molecular flexibility index (Phi) is 5.74. The highest BCUT2D eigenvalue weighted by Gasteiger charge is 2.27. The van der Waals surface area contributed by atoms with Gasteiger partial charge in [0.25, 0.3) is 0 Å². The van der Waals surface area contributed by atoms with Crippen LogP contribution >= 0.6 is 11.6 Å². The molecule has 20 heavy (non-hydrogen) atoms. The Hall–Kier alpha value is -0.730. The van der Waals surface area contributed by atoms with Crippen LogP contribution in [-0.4, -0.2) is 19.1 Å². The lowest BCUT2D eigenvalue weighted by Crippen LogP contribution is -2.33. The van der Waals surface area contributed by atoms with Crippen molar-refractivity contribution < 1.29 is 0 Å². The van der Waals surface area contributed by atoms with Gasteiger partial charge in [0.15, 0.2) is 0 Å². The predicted octanol–water partition coefficient (Wildman–Crippen LogP) is 4.46. The van der Waals surface area contributed by atoms with E-state index in [1.807, 2.05) is 0 Å². The van der Waals surface area contributed by atoms with Crippen molar-refractivity contribution in [2.45, 2.75) is 52.6 Å². The first-order valence-corrected chi connectivity index (χ1v) is 8.27. The van der Waals surface area contributed by atoms with Crippen molar-refractivity contribution in [3.63, 3.8) is 0 Å². The number of halogens is 1. The molecule has 1 fully saturated rings. The molecule has 0 radical (unpaired) electrons. The third-order valence-corrected chi connectivity index (χ3v) is 4.53. The van der Waals surface area contributed by atoms with Gasteiger partial charge in [0.2, 0.25) is 0 Å². The van der Waals surface area contributed by atoms with E-state index in [0.29, 0.717) is 12.0 Å². The molecule has 1 aliphatic rings. The summed E-state index contributed by atoms with van der Waals surface area (Å²) >= 11 is 6.45. The highest BCUT2D eigenvalue weighted by atomic mass is 35.5. The van der Waals surface area contributed by atoms with Gasteiger partial charge in [-0.25, -0.2) is 0 Å². The first kappa shape index (κ1) is 15.7. The number of nitrogens with one attached hydrogen (secondary N) is 1. The molecule has 2 rings (SSSR count). The molecule has 1 unspecified atom stereocenters. The van der Waals surface area contributed by atoms with Gasteiger partial charge in [-0.15, -0.1) is 0 Å². The Bertz CT molecular complexity index is 431. The molecule has 1 saturated heterocycles. The van der Waals surface area contributed by atoms with E-state index in [9.17, 15) is 0 Å². The second kappa shape index (κ2) is 7.33. The van der Waals surface area contributed by atoms with Crippen molar-refractivity contribution in [1.82, 2.24) is 5.32 Å². The summed E-state index contributed by atoms with van der Waals surface area (Å²) in [4.78, 5) is 2.53. The SMILES string of the molecule is CCCNCc1ccc(N2CCCC2C(C)C)cc1Cl. The molecule has 0 spiro atoms. The number of nitrogens with zero attached hydrogens (tertiary/aromatic N) is 1. The zero-order valence-electron chi connectivity index (χ0n) is 13.0. The molecular formula is C17H27ClN2. The number of rotatable bonds is 6. The molecule has 0 aromatic heterocycles. The number of hydrogen-bond donors (Lipinski definition) is 1. The predicted molar refractivity (Wildman–Crippen MR) is 88.7 cm³/mol. The standard InChI is InChI=1S/C17H27ClN2/c1-4-9-19-12-14-7-8-15(11-16(14)18)20-10-5-6-17(20)13(2)3/h7-8,11,13,17,19H,4-6,9-10,12H2,1-3H3. The largest absolute Gasteiger partial charge is 0.368 e. The Labute approximate surface area is 128 Å². The number of anilines is 1. The summed E-state index contributed by atoms with van der Waals surface area (Å²) in [5.74, 6) is 0.696. The third-order valence-electron chi connectivity index (χ3n) is 4.18. The molecular weight excluding hydrogens is 268 g/mol. The minimum absolute atomic E-state index is 0.662. The summed E-state index contributed by atoms with van der Waals surface area (Å²) in [6.45, 7) is 9.87. The van der Waals surface area contributed by atoms with Gasteiger partial charge in [-0.3, -0.25) is 0 Å². The first-order chi connectivity index (χ1) is 9.63. The molecule has 3 heteroatoms. The lowest BCUT2D eigenvalue weighted by molar-refractivity contribution is 0.492. The summed E-state index contributed by atoms with van der Waals surface area (Å²) in [7, 11) is 0. The van der Waals surface area contributed by atoms with Crippen LogP contribution in [-0.2, 0) is 6.54 Å². The van der Waals surface area contributed by atoms with Crippen molar-refractivity contribution in [3.8, 4) is 0 Å². The van der Waals surface area contributed by atoms with Crippen LogP contribution in [0.4, 0.5) is 5.69 Å². The Morgan fingerprint density at radius 1 is 1.40 bits per heavy atom. The molecule has 1 N–H and O–H groups in total. The van der Waals surface area contributed by atoms with E-state index >= 15 is 0 Å². The summed E-state index contributed by atoms with van der Waals surface area (Å²) in [6.07, 6.45) is 3.74. The average Bonchev–Trinajstić information content (AvgIpc) is 2.90. The van der Waals surface area contributed by atoms with Crippen LogP contribution < -0.4 is 10.2 Å². The lowest BCUT2D eigenvalue weighted by Gasteiger charge is -2.30. The maximum atomic E-state index is 6.45. The topological polar surface area (TPSA) is 15.3 Å². The summed E-state index contributed by atoms with van der Waals surface area (Å²) in [5.41, 5.74) is 2.48. The van der Waals surface area contributed by atoms with Crippen LogP contribution in [0.15, 0.2) is 18.2 Å². The van der Waals surface area contributed by atoms with Crippen LogP contribution in [0.5, 0.6) is 0 Å². The fraction of sp³-hybridized carbons (Fsp3) is 0.647. The molecule has 0 bridgehead atoms. The van der Waals surface area contributed by atoms with Gasteiger partial charge in [0.05, 0.1) is 0 Å². The quantitative estimate of drug-likeness (QED) is 0.779. The van der Waals surface area contributed by atoms with E-state index in [1.54, 1.807) is 0 Å². The second-order valence-corrected chi connectivity index (χ2v) is 6.51. The van der Waals surface area contributed by atoms with Gasteiger partial charge in [-0.05, 0) is 49.4 Å². The van der Waals surface area contributed by atoms with Crippen molar-refractivity contribution >= 4 is 17.3 Å². The van der Waals surface area contributed by atoms with Crippen molar-refractivity contribution in [1.29, 1.82) is 0 Å². The van der Waals surface area contributed by atoms with Gasteiger partial charge in [0, 0.05) is 29.8 Å².